The number of anilines is 1. The third-order valence-electron chi connectivity index (χ3n) is 1.83. The minimum Gasteiger partial charge on any atom is -0.384 e. The van der Waals surface area contributed by atoms with Crippen LogP contribution >= 0.6 is 0 Å². The van der Waals surface area contributed by atoms with Gasteiger partial charge in [-0.2, -0.15) is 0 Å². The zero-order valence-corrected chi connectivity index (χ0v) is 6.70. The molecule has 0 saturated heterocycles. The Kier molecular flexibility index (Phi) is 1.63. The van der Waals surface area contributed by atoms with Gasteiger partial charge in [0.1, 0.15) is 5.82 Å². The first kappa shape index (κ1) is 7.03. The highest BCUT2D eigenvalue weighted by atomic mass is 15.5. The van der Waals surface area contributed by atoms with Gasteiger partial charge in [-0.15, -0.1) is 0 Å². The van der Waals surface area contributed by atoms with Crippen molar-refractivity contribution < 1.29 is 0 Å². The summed E-state index contributed by atoms with van der Waals surface area (Å²) >= 11 is 0. The summed E-state index contributed by atoms with van der Waals surface area (Å²) in [5, 5.41) is 2.00. The topological polar surface area (TPSA) is 41.3 Å². The second-order valence-corrected chi connectivity index (χ2v) is 2.72. The van der Waals surface area contributed by atoms with Crippen molar-refractivity contribution in [2.24, 2.45) is 5.73 Å². The van der Waals surface area contributed by atoms with Gasteiger partial charge in [-0.1, -0.05) is 18.2 Å². The summed E-state index contributed by atoms with van der Waals surface area (Å²) in [4.78, 5) is 0. The Morgan fingerprint density at radius 1 is 1.25 bits per heavy atom. The summed E-state index contributed by atoms with van der Waals surface area (Å²) < 4.78 is 0. The van der Waals surface area contributed by atoms with E-state index in [4.69, 9.17) is 5.73 Å². The molecular formula is C9H11N3. The lowest BCUT2D eigenvalue weighted by Gasteiger charge is -2.18. The van der Waals surface area contributed by atoms with E-state index in [9.17, 15) is 0 Å². The van der Waals surface area contributed by atoms with Gasteiger partial charge >= 0.3 is 0 Å². The van der Waals surface area contributed by atoms with E-state index in [0.29, 0.717) is 0 Å². The highest BCUT2D eigenvalue weighted by molar-refractivity contribution is 5.47. The second-order valence-electron chi connectivity index (χ2n) is 2.72. The molecule has 1 aromatic carbocycles. The monoisotopic (exact) mass is 161 g/mol. The molecule has 0 aromatic heterocycles. The minimum atomic E-state index is 0.721. The van der Waals surface area contributed by atoms with Crippen molar-refractivity contribution in [3.63, 3.8) is 0 Å². The largest absolute Gasteiger partial charge is 0.384 e. The van der Waals surface area contributed by atoms with Gasteiger partial charge in [0.15, 0.2) is 0 Å². The van der Waals surface area contributed by atoms with Gasteiger partial charge in [0.05, 0.1) is 12.2 Å². The lowest BCUT2D eigenvalue weighted by Crippen LogP contribution is -2.33. The fraction of sp³-hybridized carbons (Fsp3) is 0.111. The van der Waals surface area contributed by atoms with Crippen molar-refractivity contribution in [3.05, 3.63) is 42.2 Å². The molecule has 0 fully saturated rings. The zero-order valence-electron chi connectivity index (χ0n) is 6.70. The predicted octanol–water partition coefficient (Wildman–Crippen LogP) is 0.811. The van der Waals surface area contributed by atoms with Crippen LogP contribution in [0.15, 0.2) is 42.2 Å². The van der Waals surface area contributed by atoms with E-state index in [-0.39, 0.29) is 0 Å². The number of hydrogen-bond donors (Lipinski definition) is 2. The fourth-order valence-electron chi connectivity index (χ4n) is 1.21. The summed E-state index contributed by atoms with van der Waals surface area (Å²) in [6.07, 6.45) is 1.95. The van der Waals surface area contributed by atoms with Crippen LogP contribution in [0.4, 0.5) is 5.69 Å². The molecule has 3 heteroatoms. The molecule has 0 aliphatic carbocycles. The van der Waals surface area contributed by atoms with E-state index >= 15 is 0 Å². The Balaban J connectivity index is 2.14. The number of nitrogens with two attached hydrogens (primary N) is 1. The second kappa shape index (κ2) is 2.77. The van der Waals surface area contributed by atoms with Gasteiger partial charge in [0.25, 0.3) is 0 Å². The van der Waals surface area contributed by atoms with Gasteiger partial charge in [0.2, 0.25) is 0 Å². The predicted molar refractivity (Wildman–Crippen MR) is 49.2 cm³/mol. The molecular weight excluding hydrogens is 150 g/mol. The van der Waals surface area contributed by atoms with E-state index in [1.54, 1.807) is 0 Å². The Morgan fingerprint density at radius 2 is 2.00 bits per heavy atom. The van der Waals surface area contributed by atoms with Crippen LogP contribution in [0, 0.1) is 0 Å². The van der Waals surface area contributed by atoms with E-state index in [1.807, 2.05) is 41.4 Å². The van der Waals surface area contributed by atoms with Crippen LogP contribution in [-0.2, 0) is 0 Å². The van der Waals surface area contributed by atoms with E-state index < -0.39 is 0 Å². The standard InChI is InChI=1S/C9H11N3/c10-9-6-7-12(11-9)8-4-2-1-3-5-8/h1-6,11H,7,10H2. The minimum absolute atomic E-state index is 0.721. The van der Waals surface area contributed by atoms with Crippen LogP contribution in [0.3, 0.4) is 0 Å². The van der Waals surface area contributed by atoms with Crippen LogP contribution in [0.1, 0.15) is 0 Å². The van der Waals surface area contributed by atoms with Gasteiger partial charge in [0, 0.05) is 0 Å². The molecule has 1 aromatic rings. The number of hydrazine groups is 1. The molecule has 0 amide bonds. The maximum absolute atomic E-state index is 5.57. The molecule has 62 valence electrons. The highest BCUT2D eigenvalue weighted by Gasteiger charge is 2.09. The molecule has 1 heterocycles. The number of hydrogen-bond acceptors (Lipinski definition) is 3. The highest BCUT2D eigenvalue weighted by Crippen LogP contribution is 2.13. The average Bonchev–Trinajstić information content (AvgIpc) is 2.54. The fourth-order valence-corrected chi connectivity index (χ4v) is 1.21. The molecule has 0 radical (unpaired) electrons. The summed E-state index contributed by atoms with van der Waals surface area (Å²) in [6, 6.07) is 10.1. The van der Waals surface area contributed by atoms with Crippen LogP contribution in [0.25, 0.3) is 0 Å². The van der Waals surface area contributed by atoms with Crippen LogP contribution in [-0.4, -0.2) is 6.54 Å². The van der Waals surface area contributed by atoms with Crippen molar-refractivity contribution >= 4 is 5.69 Å². The van der Waals surface area contributed by atoms with Crippen LogP contribution in [0.2, 0.25) is 0 Å². The molecule has 0 spiro atoms. The summed E-state index contributed by atoms with van der Waals surface area (Å²) in [6.45, 7) is 0.829. The van der Waals surface area contributed by atoms with Crippen LogP contribution in [0.5, 0.6) is 0 Å². The van der Waals surface area contributed by atoms with E-state index in [1.165, 1.54) is 0 Å². The van der Waals surface area contributed by atoms with Crippen molar-refractivity contribution in [1.82, 2.24) is 5.43 Å². The molecule has 1 aliphatic heterocycles. The van der Waals surface area contributed by atoms with E-state index in [0.717, 1.165) is 18.1 Å². The first-order valence-corrected chi connectivity index (χ1v) is 3.91. The molecule has 12 heavy (non-hydrogen) atoms. The number of benzene rings is 1. The van der Waals surface area contributed by atoms with Gasteiger partial charge in [-0.3, -0.25) is 10.4 Å². The normalized spacial score (nSPS) is 15.7. The van der Waals surface area contributed by atoms with Gasteiger partial charge in [-0.25, -0.2) is 0 Å². The Hall–Kier alpha value is -1.64. The molecule has 0 unspecified atom stereocenters. The summed E-state index contributed by atoms with van der Waals surface area (Å²) in [5.41, 5.74) is 9.75. The van der Waals surface area contributed by atoms with Crippen molar-refractivity contribution in [2.75, 3.05) is 11.6 Å². The quantitative estimate of drug-likeness (QED) is 0.640. The Morgan fingerprint density at radius 3 is 2.58 bits per heavy atom. The van der Waals surface area contributed by atoms with E-state index in [2.05, 4.69) is 5.43 Å². The number of para-hydroxylation sites is 1. The number of rotatable bonds is 1. The summed E-state index contributed by atoms with van der Waals surface area (Å²) in [5.74, 6) is 0.721. The first-order valence-electron chi connectivity index (χ1n) is 3.91. The van der Waals surface area contributed by atoms with Gasteiger partial charge < -0.3 is 5.73 Å². The molecule has 3 nitrogen and oxygen atoms in total. The molecule has 0 saturated carbocycles. The number of nitrogens with zero attached hydrogens (tertiary/aromatic N) is 1. The Bertz CT molecular complexity index is 292. The first-order chi connectivity index (χ1) is 5.86. The molecule has 0 atom stereocenters. The zero-order chi connectivity index (χ0) is 8.39. The molecule has 3 N–H and O–H groups in total. The lowest BCUT2D eigenvalue weighted by molar-refractivity contribution is 0.797. The van der Waals surface area contributed by atoms with Crippen LogP contribution < -0.4 is 16.2 Å². The van der Waals surface area contributed by atoms with Crippen molar-refractivity contribution in [1.29, 1.82) is 0 Å². The lowest BCUT2D eigenvalue weighted by atomic mass is 10.3. The molecule has 2 rings (SSSR count). The maximum Gasteiger partial charge on any atom is 0.113 e. The van der Waals surface area contributed by atoms with Crippen molar-refractivity contribution in [2.45, 2.75) is 0 Å². The van der Waals surface area contributed by atoms with Crippen molar-refractivity contribution in [3.8, 4) is 0 Å². The SMILES string of the molecule is NC1=CCN(c2ccccc2)N1. The molecule has 1 aliphatic rings. The smallest absolute Gasteiger partial charge is 0.113 e. The maximum atomic E-state index is 5.57. The molecule has 0 bridgehead atoms. The third-order valence-corrected chi connectivity index (χ3v) is 1.83. The summed E-state index contributed by atoms with van der Waals surface area (Å²) in [7, 11) is 0. The average molecular weight is 161 g/mol. The van der Waals surface area contributed by atoms with Gasteiger partial charge in [-0.05, 0) is 18.2 Å². The third kappa shape index (κ3) is 1.21. The number of nitrogens with one attached hydrogen (secondary N) is 1. The Labute approximate surface area is 71.5 Å².